The first-order chi connectivity index (χ1) is 8.94. The van der Waals surface area contributed by atoms with E-state index in [-0.39, 0.29) is 17.2 Å². The number of carbonyl (C=O) groups is 2. The molecule has 0 aromatic heterocycles. The summed E-state index contributed by atoms with van der Waals surface area (Å²) in [7, 11) is 1.85. The Bertz CT molecular complexity index is 489. The number of hydrogen-bond donors (Lipinski definition) is 1. The Morgan fingerprint density at radius 3 is 2.32 bits per heavy atom. The van der Waals surface area contributed by atoms with Crippen molar-refractivity contribution in [3.8, 4) is 0 Å². The highest BCUT2D eigenvalue weighted by atomic mass is 16.2. The zero-order valence-electron chi connectivity index (χ0n) is 11.7. The minimum Gasteiger partial charge on any atom is -0.316 e. The molecule has 0 atom stereocenters. The van der Waals surface area contributed by atoms with Gasteiger partial charge >= 0.3 is 0 Å². The summed E-state index contributed by atoms with van der Waals surface area (Å²) >= 11 is 0. The van der Waals surface area contributed by atoms with E-state index >= 15 is 0 Å². The molecule has 1 heterocycles. The molecule has 1 saturated heterocycles. The molecule has 19 heavy (non-hydrogen) atoms. The summed E-state index contributed by atoms with van der Waals surface area (Å²) in [4.78, 5) is 25.9. The van der Waals surface area contributed by atoms with Gasteiger partial charge in [0, 0.05) is 19.4 Å². The van der Waals surface area contributed by atoms with E-state index in [9.17, 15) is 9.59 Å². The molecule has 1 aromatic carbocycles. The minimum atomic E-state index is -0.234. The molecule has 0 radical (unpaired) electrons. The summed E-state index contributed by atoms with van der Waals surface area (Å²) in [5.41, 5.74) is 1.44. The van der Waals surface area contributed by atoms with Gasteiger partial charge in [-0.1, -0.05) is 32.0 Å². The second kappa shape index (κ2) is 5.13. The number of amides is 2. The lowest BCUT2D eigenvalue weighted by molar-refractivity contribution is -0.132. The average Bonchev–Trinajstić information content (AvgIpc) is 2.29. The van der Waals surface area contributed by atoms with Crippen molar-refractivity contribution in [2.24, 2.45) is 5.41 Å². The normalized spacial score (nSPS) is 18.8. The number of carbonyl (C=O) groups excluding carboxylic acids is 2. The number of nitrogens with one attached hydrogen (secondary N) is 1. The molecule has 0 unspecified atom stereocenters. The van der Waals surface area contributed by atoms with Crippen molar-refractivity contribution in [1.29, 1.82) is 0 Å². The van der Waals surface area contributed by atoms with E-state index in [4.69, 9.17) is 0 Å². The number of hydrogen-bond acceptors (Lipinski definition) is 3. The van der Waals surface area contributed by atoms with Crippen molar-refractivity contribution in [3.05, 3.63) is 29.8 Å². The number of rotatable bonds is 3. The van der Waals surface area contributed by atoms with Gasteiger partial charge < -0.3 is 5.32 Å². The fourth-order valence-electron chi connectivity index (χ4n) is 2.52. The Hall–Kier alpha value is -1.68. The van der Waals surface area contributed by atoms with Gasteiger partial charge in [0.1, 0.15) is 0 Å². The van der Waals surface area contributed by atoms with Crippen molar-refractivity contribution in [2.45, 2.75) is 33.2 Å². The van der Waals surface area contributed by atoms with Crippen LogP contribution in [0.25, 0.3) is 0 Å². The van der Waals surface area contributed by atoms with Crippen molar-refractivity contribution >= 4 is 17.5 Å². The number of benzene rings is 1. The molecule has 4 nitrogen and oxygen atoms in total. The van der Waals surface area contributed by atoms with Crippen LogP contribution < -0.4 is 10.2 Å². The van der Waals surface area contributed by atoms with Crippen LogP contribution in [0.2, 0.25) is 0 Å². The second-order valence-corrected chi connectivity index (χ2v) is 5.80. The van der Waals surface area contributed by atoms with Crippen molar-refractivity contribution in [1.82, 2.24) is 5.32 Å². The van der Waals surface area contributed by atoms with Crippen LogP contribution in [0, 0.1) is 5.41 Å². The van der Waals surface area contributed by atoms with E-state index in [1.54, 1.807) is 0 Å². The molecule has 0 aliphatic carbocycles. The Morgan fingerprint density at radius 1 is 1.16 bits per heavy atom. The maximum Gasteiger partial charge on any atom is 0.234 e. The first-order valence-electron chi connectivity index (χ1n) is 6.53. The maximum atomic E-state index is 12.3. The molecule has 0 bridgehead atoms. The molecule has 1 aromatic rings. The summed E-state index contributed by atoms with van der Waals surface area (Å²) in [6.45, 7) is 4.55. The third-order valence-electron chi connectivity index (χ3n) is 3.36. The van der Waals surface area contributed by atoms with Crippen LogP contribution in [0.4, 0.5) is 5.69 Å². The average molecular weight is 260 g/mol. The van der Waals surface area contributed by atoms with E-state index < -0.39 is 0 Å². The summed E-state index contributed by atoms with van der Waals surface area (Å²) in [5, 5.41) is 3.06. The summed E-state index contributed by atoms with van der Waals surface area (Å²) in [5.74, 6) is -0.213. The van der Waals surface area contributed by atoms with Crippen molar-refractivity contribution < 1.29 is 9.59 Å². The standard InChI is InChI=1S/C15H20N2O2/c1-15(2)8-13(18)17(14(19)9-15)12-7-5-4-6-11(12)10-16-3/h4-7,16H,8-10H2,1-3H3. The summed E-state index contributed by atoms with van der Waals surface area (Å²) in [6.07, 6.45) is 0.819. The monoisotopic (exact) mass is 260 g/mol. The van der Waals surface area contributed by atoms with E-state index in [0.717, 1.165) is 5.56 Å². The van der Waals surface area contributed by atoms with Gasteiger partial charge in [0.15, 0.2) is 0 Å². The van der Waals surface area contributed by atoms with Crippen LogP contribution >= 0.6 is 0 Å². The first-order valence-corrected chi connectivity index (χ1v) is 6.53. The summed E-state index contributed by atoms with van der Waals surface area (Å²) < 4.78 is 0. The smallest absolute Gasteiger partial charge is 0.234 e. The van der Waals surface area contributed by atoms with Gasteiger partial charge in [-0.3, -0.25) is 14.5 Å². The molecular formula is C15H20N2O2. The van der Waals surface area contributed by atoms with Gasteiger partial charge in [0.2, 0.25) is 11.8 Å². The van der Waals surface area contributed by atoms with Gasteiger partial charge in [-0.05, 0) is 24.1 Å². The third-order valence-corrected chi connectivity index (χ3v) is 3.36. The van der Waals surface area contributed by atoms with Gasteiger partial charge in [-0.2, -0.15) is 0 Å². The Labute approximate surface area is 113 Å². The van der Waals surface area contributed by atoms with Crippen LogP contribution in [0.15, 0.2) is 24.3 Å². The molecular weight excluding hydrogens is 240 g/mol. The highest BCUT2D eigenvalue weighted by Crippen LogP contribution is 2.35. The van der Waals surface area contributed by atoms with Crippen molar-refractivity contribution in [2.75, 3.05) is 11.9 Å². The number of imide groups is 1. The minimum absolute atomic E-state index is 0.107. The van der Waals surface area contributed by atoms with Crippen LogP contribution in [-0.2, 0) is 16.1 Å². The molecule has 1 aliphatic rings. The predicted molar refractivity (Wildman–Crippen MR) is 74.7 cm³/mol. The van der Waals surface area contributed by atoms with Crippen LogP contribution in [0.5, 0.6) is 0 Å². The highest BCUT2D eigenvalue weighted by molar-refractivity contribution is 6.17. The molecule has 1 aliphatic heterocycles. The van der Waals surface area contributed by atoms with E-state index in [2.05, 4.69) is 5.32 Å². The molecule has 0 saturated carbocycles. The highest BCUT2D eigenvalue weighted by Gasteiger charge is 2.38. The predicted octanol–water partition coefficient (Wildman–Crippen LogP) is 2.09. The molecule has 1 N–H and O–H groups in total. The molecule has 0 spiro atoms. The topological polar surface area (TPSA) is 49.4 Å². The van der Waals surface area contributed by atoms with E-state index in [0.29, 0.717) is 25.1 Å². The Morgan fingerprint density at radius 2 is 1.74 bits per heavy atom. The molecule has 4 heteroatoms. The van der Waals surface area contributed by atoms with Gasteiger partial charge in [-0.25, -0.2) is 0 Å². The zero-order chi connectivity index (χ0) is 14.0. The largest absolute Gasteiger partial charge is 0.316 e. The quantitative estimate of drug-likeness (QED) is 0.847. The van der Waals surface area contributed by atoms with Gasteiger partial charge in [-0.15, -0.1) is 0 Å². The lowest BCUT2D eigenvalue weighted by atomic mass is 9.81. The molecule has 102 valence electrons. The number of para-hydroxylation sites is 1. The molecule has 2 amide bonds. The lowest BCUT2D eigenvalue weighted by Crippen LogP contribution is -2.46. The van der Waals surface area contributed by atoms with Crippen LogP contribution in [-0.4, -0.2) is 18.9 Å². The third kappa shape index (κ3) is 2.84. The number of nitrogens with zero attached hydrogens (tertiary/aromatic N) is 1. The van der Waals surface area contributed by atoms with Gasteiger partial charge in [0.05, 0.1) is 5.69 Å². The second-order valence-electron chi connectivity index (χ2n) is 5.80. The van der Waals surface area contributed by atoms with Gasteiger partial charge in [0.25, 0.3) is 0 Å². The fourth-order valence-corrected chi connectivity index (χ4v) is 2.52. The van der Waals surface area contributed by atoms with E-state index in [1.807, 2.05) is 45.2 Å². The Kier molecular flexibility index (Phi) is 3.71. The lowest BCUT2D eigenvalue weighted by Gasteiger charge is -2.35. The fraction of sp³-hybridized carbons (Fsp3) is 0.467. The first kappa shape index (κ1) is 13.7. The van der Waals surface area contributed by atoms with E-state index in [1.165, 1.54) is 4.90 Å². The van der Waals surface area contributed by atoms with Crippen LogP contribution in [0.3, 0.4) is 0 Å². The SMILES string of the molecule is CNCc1ccccc1N1C(=O)CC(C)(C)CC1=O. The molecule has 2 rings (SSSR count). The zero-order valence-corrected chi connectivity index (χ0v) is 11.7. The summed E-state index contributed by atoms with van der Waals surface area (Å²) in [6, 6.07) is 7.54. The van der Waals surface area contributed by atoms with Crippen LogP contribution in [0.1, 0.15) is 32.3 Å². The Balaban J connectivity index is 2.36. The maximum absolute atomic E-state index is 12.3. The number of piperidine rings is 1. The number of anilines is 1. The van der Waals surface area contributed by atoms with Crippen molar-refractivity contribution in [3.63, 3.8) is 0 Å². The molecule has 1 fully saturated rings.